The van der Waals surface area contributed by atoms with Gasteiger partial charge in [-0.3, -0.25) is 9.69 Å². The van der Waals surface area contributed by atoms with Crippen LogP contribution in [-0.4, -0.2) is 44.7 Å². The number of carbonyl (C=O) groups is 1. The van der Waals surface area contributed by atoms with Gasteiger partial charge in [0.05, 0.1) is 0 Å². The van der Waals surface area contributed by atoms with Crippen LogP contribution in [0.5, 0.6) is 0 Å². The molecule has 3 heterocycles. The summed E-state index contributed by atoms with van der Waals surface area (Å²) in [7, 11) is 0. The van der Waals surface area contributed by atoms with Crippen LogP contribution in [0.25, 0.3) is 0 Å². The first-order valence-electron chi connectivity index (χ1n) is 9.50. The maximum absolute atomic E-state index is 12.4. The zero-order valence-electron chi connectivity index (χ0n) is 15.8. The molecule has 1 N–H and O–H groups in total. The number of fused-ring (bicyclic) bond motifs is 2. The monoisotopic (exact) mass is 353 g/mol. The van der Waals surface area contributed by atoms with E-state index in [9.17, 15) is 4.79 Å². The van der Waals surface area contributed by atoms with Gasteiger partial charge in [0.1, 0.15) is 5.82 Å². The average Bonchev–Trinajstić information content (AvgIpc) is 3.14. The third-order valence-corrected chi connectivity index (χ3v) is 5.45. The van der Waals surface area contributed by atoms with Crippen LogP contribution in [0.15, 0.2) is 24.3 Å². The van der Waals surface area contributed by atoms with Crippen LogP contribution >= 0.6 is 0 Å². The lowest BCUT2D eigenvalue weighted by Gasteiger charge is -2.25. The number of hydrogen-bond donors (Lipinski definition) is 1. The van der Waals surface area contributed by atoms with Gasteiger partial charge in [-0.15, -0.1) is 10.2 Å². The van der Waals surface area contributed by atoms with E-state index < -0.39 is 0 Å². The topological polar surface area (TPSA) is 63.1 Å². The zero-order valence-corrected chi connectivity index (χ0v) is 15.8. The number of aromatic nitrogens is 3. The average molecular weight is 353 g/mol. The summed E-state index contributed by atoms with van der Waals surface area (Å²) in [5, 5.41) is 11.4. The normalized spacial score (nSPS) is 22.3. The lowest BCUT2D eigenvalue weighted by atomic mass is 9.89. The number of amides is 1. The smallest absolute Gasteiger partial charge is 0.289 e. The molecule has 0 aliphatic carbocycles. The molecule has 2 aromatic rings. The van der Waals surface area contributed by atoms with Gasteiger partial charge in [-0.2, -0.15) is 0 Å². The summed E-state index contributed by atoms with van der Waals surface area (Å²) in [5.74, 6) is 2.47. The molecule has 2 atom stereocenters. The molecule has 1 fully saturated rings. The van der Waals surface area contributed by atoms with Gasteiger partial charge < -0.3 is 9.88 Å². The summed E-state index contributed by atoms with van der Waals surface area (Å²) >= 11 is 0. The van der Waals surface area contributed by atoms with Crippen molar-refractivity contribution in [1.29, 1.82) is 0 Å². The van der Waals surface area contributed by atoms with Crippen molar-refractivity contribution in [2.24, 2.45) is 11.8 Å². The van der Waals surface area contributed by atoms with Crippen LogP contribution in [0.3, 0.4) is 0 Å². The van der Waals surface area contributed by atoms with Crippen molar-refractivity contribution in [3.8, 4) is 0 Å². The van der Waals surface area contributed by atoms with Gasteiger partial charge in [-0.1, -0.05) is 29.8 Å². The quantitative estimate of drug-likeness (QED) is 0.914. The Bertz CT molecular complexity index is 812. The van der Waals surface area contributed by atoms with Crippen molar-refractivity contribution < 1.29 is 4.79 Å². The Kier molecular flexibility index (Phi) is 4.53. The molecule has 0 unspecified atom stereocenters. The number of nitrogens with zero attached hydrogens (tertiary/aromatic N) is 4. The number of hydrogen-bond acceptors (Lipinski definition) is 4. The Balaban J connectivity index is 1.45. The molecule has 0 spiro atoms. The van der Waals surface area contributed by atoms with E-state index in [0.29, 0.717) is 17.7 Å². The fourth-order valence-electron chi connectivity index (χ4n) is 4.31. The van der Waals surface area contributed by atoms with Crippen LogP contribution in [0.4, 0.5) is 0 Å². The number of benzene rings is 1. The van der Waals surface area contributed by atoms with Crippen molar-refractivity contribution in [2.45, 2.75) is 46.3 Å². The first-order valence-corrected chi connectivity index (χ1v) is 9.50. The van der Waals surface area contributed by atoms with Gasteiger partial charge in [0.25, 0.3) is 5.91 Å². The molecule has 6 nitrogen and oxygen atoms in total. The van der Waals surface area contributed by atoms with Crippen LogP contribution in [0, 0.1) is 18.8 Å². The minimum atomic E-state index is -0.119. The number of aryl methyl sites for hydroxylation is 1. The Morgan fingerprint density at radius 2 is 2.04 bits per heavy atom. The van der Waals surface area contributed by atoms with E-state index in [4.69, 9.17) is 0 Å². The zero-order chi connectivity index (χ0) is 18.3. The molecule has 1 saturated heterocycles. The molecule has 1 aromatic heterocycles. The summed E-state index contributed by atoms with van der Waals surface area (Å²) in [6, 6.07) is 8.85. The van der Waals surface area contributed by atoms with E-state index in [2.05, 4.69) is 51.6 Å². The fraction of sp³-hybridized carbons (Fsp3) is 0.550. The maximum atomic E-state index is 12.4. The lowest BCUT2D eigenvalue weighted by Crippen LogP contribution is -2.35. The van der Waals surface area contributed by atoms with E-state index in [-0.39, 0.29) is 11.9 Å². The maximum Gasteiger partial charge on any atom is 0.289 e. The van der Waals surface area contributed by atoms with E-state index in [1.165, 1.54) is 11.1 Å². The van der Waals surface area contributed by atoms with Crippen molar-refractivity contribution in [3.05, 3.63) is 47.0 Å². The highest BCUT2D eigenvalue weighted by atomic mass is 16.2. The predicted molar refractivity (Wildman–Crippen MR) is 99.8 cm³/mol. The molecule has 0 saturated carbocycles. The Morgan fingerprint density at radius 1 is 1.23 bits per heavy atom. The second-order valence-corrected chi connectivity index (χ2v) is 8.09. The van der Waals surface area contributed by atoms with E-state index in [0.717, 1.165) is 38.4 Å². The highest BCUT2D eigenvalue weighted by Gasteiger charge is 2.39. The van der Waals surface area contributed by atoms with Crippen LogP contribution < -0.4 is 5.32 Å². The summed E-state index contributed by atoms with van der Waals surface area (Å²) in [5.41, 5.74) is 2.69. The highest BCUT2D eigenvalue weighted by molar-refractivity contribution is 5.90. The van der Waals surface area contributed by atoms with Crippen LogP contribution in [-0.2, 0) is 19.5 Å². The van der Waals surface area contributed by atoms with E-state index >= 15 is 0 Å². The van der Waals surface area contributed by atoms with E-state index in [1.54, 1.807) is 0 Å². The SMILES string of the molecule is Cc1cccc(CN2C[C@H]3Cc4nnc(C(=O)NC(C)C)n4C[C@@H]3C2)c1. The van der Waals surface area contributed by atoms with Gasteiger partial charge in [-0.25, -0.2) is 0 Å². The summed E-state index contributed by atoms with van der Waals surface area (Å²) in [6.45, 7) is 10.1. The van der Waals surface area contributed by atoms with Crippen LogP contribution in [0.2, 0.25) is 0 Å². The molecule has 1 aromatic carbocycles. The number of likely N-dealkylation sites (tertiary alicyclic amines) is 1. The first kappa shape index (κ1) is 17.2. The molecule has 1 amide bonds. The first-order chi connectivity index (χ1) is 12.5. The second kappa shape index (κ2) is 6.83. The minimum Gasteiger partial charge on any atom is -0.347 e. The Morgan fingerprint density at radius 3 is 2.81 bits per heavy atom. The molecule has 0 bridgehead atoms. The highest BCUT2D eigenvalue weighted by Crippen LogP contribution is 2.33. The molecule has 4 rings (SSSR count). The van der Waals surface area contributed by atoms with Gasteiger partial charge in [0.2, 0.25) is 5.82 Å². The number of carbonyl (C=O) groups excluding carboxylic acids is 1. The Labute approximate surface area is 154 Å². The third kappa shape index (κ3) is 3.38. The van der Waals surface area contributed by atoms with Gasteiger partial charge in [0.15, 0.2) is 0 Å². The molecular formula is C20H27N5O. The summed E-state index contributed by atoms with van der Waals surface area (Å²) < 4.78 is 2.04. The standard InChI is InChI=1S/C20H27N5O/c1-13(2)21-20(26)19-23-22-18-8-16-10-24(11-17(16)12-25(18)19)9-15-6-4-5-14(3)7-15/h4-7,13,16-17H,8-12H2,1-3H3,(H,21,26)/t16-,17+/m1/s1. The minimum absolute atomic E-state index is 0.100. The second-order valence-electron chi connectivity index (χ2n) is 8.09. The van der Waals surface area contributed by atoms with Gasteiger partial charge in [0, 0.05) is 38.6 Å². The molecule has 26 heavy (non-hydrogen) atoms. The third-order valence-electron chi connectivity index (χ3n) is 5.45. The van der Waals surface area contributed by atoms with Crippen molar-refractivity contribution in [1.82, 2.24) is 25.0 Å². The molecule has 2 aliphatic rings. The molecule has 2 aliphatic heterocycles. The largest absolute Gasteiger partial charge is 0.347 e. The molecule has 6 heteroatoms. The fourth-order valence-corrected chi connectivity index (χ4v) is 4.31. The molecule has 138 valence electrons. The predicted octanol–water partition coefficient (Wildman–Crippen LogP) is 2.03. The van der Waals surface area contributed by atoms with Gasteiger partial charge in [-0.05, 0) is 38.2 Å². The van der Waals surface area contributed by atoms with Crippen molar-refractivity contribution >= 4 is 5.91 Å². The van der Waals surface area contributed by atoms with Crippen LogP contribution in [0.1, 0.15) is 41.4 Å². The van der Waals surface area contributed by atoms with Crippen molar-refractivity contribution in [3.63, 3.8) is 0 Å². The summed E-state index contributed by atoms with van der Waals surface area (Å²) in [6.07, 6.45) is 0.914. The van der Waals surface area contributed by atoms with Crippen molar-refractivity contribution in [2.75, 3.05) is 13.1 Å². The Hall–Kier alpha value is -2.21. The number of nitrogens with one attached hydrogen (secondary N) is 1. The lowest BCUT2D eigenvalue weighted by molar-refractivity contribution is 0.0924. The van der Waals surface area contributed by atoms with Gasteiger partial charge >= 0.3 is 0 Å². The summed E-state index contributed by atoms with van der Waals surface area (Å²) in [4.78, 5) is 14.9. The molecular weight excluding hydrogens is 326 g/mol. The number of rotatable bonds is 4. The molecule has 0 radical (unpaired) electrons. The van der Waals surface area contributed by atoms with E-state index in [1.807, 2.05) is 18.4 Å².